The van der Waals surface area contributed by atoms with E-state index in [1.54, 1.807) is 6.07 Å². The molecule has 6 nitrogen and oxygen atoms in total. The summed E-state index contributed by atoms with van der Waals surface area (Å²) >= 11 is 5.96. The van der Waals surface area contributed by atoms with Gasteiger partial charge in [-0.25, -0.2) is 14.8 Å². The molecular weight excluding hydrogens is 316 g/mol. The van der Waals surface area contributed by atoms with Gasteiger partial charge in [0.05, 0.1) is 0 Å². The second-order valence-corrected chi connectivity index (χ2v) is 7.76. The Morgan fingerprint density at radius 2 is 1.96 bits per heavy atom. The maximum atomic E-state index is 12.1. The van der Waals surface area contributed by atoms with Crippen molar-refractivity contribution in [3.05, 3.63) is 17.5 Å². The summed E-state index contributed by atoms with van der Waals surface area (Å²) in [5, 5.41) is 3.53. The number of halogens is 1. The van der Waals surface area contributed by atoms with Gasteiger partial charge in [0.2, 0.25) is 0 Å². The van der Waals surface area contributed by atoms with Crippen LogP contribution in [0.2, 0.25) is 5.15 Å². The summed E-state index contributed by atoms with van der Waals surface area (Å²) in [6, 6.07) is 1.97. The Labute approximate surface area is 141 Å². The standard InChI is InChI=1S/C16H23ClN4O2/c1-16(2,3)23-15(22)20-14-10-4-5-11(14)8-21(7-10)13-6-12(17)18-9-19-13/h6,9-11,14H,4-5,7-8H2,1-3H3,(H,20,22)/t10-,11+,14-. The third-order valence-corrected chi connectivity index (χ3v) is 4.67. The van der Waals surface area contributed by atoms with Crippen LogP contribution in [0.1, 0.15) is 33.6 Å². The maximum absolute atomic E-state index is 12.1. The van der Waals surface area contributed by atoms with Gasteiger partial charge in [0.25, 0.3) is 0 Å². The number of carbonyl (C=O) groups is 1. The molecule has 2 aliphatic rings. The average molecular weight is 339 g/mol. The van der Waals surface area contributed by atoms with E-state index in [0.29, 0.717) is 17.0 Å². The predicted octanol–water partition coefficient (Wildman–Crippen LogP) is 2.87. The van der Waals surface area contributed by atoms with Crippen LogP contribution in [0, 0.1) is 11.8 Å². The second-order valence-electron chi connectivity index (χ2n) is 7.37. The van der Waals surface area contributed by atoms with Crippen LogP contribution >= 0.6 is 11.6 Å². The van der Waals surface area contributed by atoms with Crippen molar-refractivity contribution >= 4 is 23.5 Å². The number of ether oxygens (including phenoxy) is 1. The molecule has 1 aromatic rings. The summed E-state index contributed by atoms with van der Waals surface area (Å²) in [6.45, 7) is 7.36. The van der Waals surface area contributed by atoms with Gasteiger partial charge in [-0.2, -0.15) is 0 Å². The number of alkyl carbamates (subject to hydrolysis) is 1. The van der Waals surface area contributed by atoms with Gasteiger partial charge in [0.1, 0.15) is 22.9 Å². The number of rotatable bonds is 2. The Hall–Kier alpha value is -1.56. The smallest absolute Gasteiger partial charge is 0.407 e. The van der Waals surface area contributed by atoms with Crippen LogP contribution in [0.5, 0.6) is 0 Å². The number of anilines is 1. The van der Waals surface area contributed by atoms with E-state index >= 15 is 0 Å². The van der Waals surface area contributed by atoms with E-state index in [1.807, 2.05) is 20.8 Å². The van der Waals surface area contributed by atoms with E-state index in [4.69, 9.17) is 16.3 Å². The Kier molecular flexibility index (Phi) is 4.36. The Bertz CT molecular complexity index is 576. The largest absolute Gasteiger partial charge is 0.444 e. The van der Waals surface area contributed by atoms with Crippen molar-refractivity contribution in [2.24, 2.45) is 11.8 Å². The molecule has 2 heterocycles. The van der Waals surface area contributed by atoms with Crippen molar-refractivity contribution < 1.29 is 9.53 Å². The molecule has 0 spiro atoms. The summed E-state index contributed by atoms with van der Waals surface area (Å²) in [6.07, 6.45) is 3.39. The number of hydrogen-bond acceptors (Lipinski definition) is 5. The molecule has 0 aromatic carbocycles. The van der Waals surface area contributed by atoms with Gasteiger partial charge in [-0.05, 0) is 45.4 Å². The zero-order valence-corrected chi connectivity index (χ0v) is 14.5. The van der Waals surface area contributed by atoms with Gasteiger partial charge in [-0.1, -0.05) is 11.6 Å². The normalized spacial score (nSPS) is 27.0. The highest BCUT2D eigenvalue weighted by molar-refractivity contribution is 6.29. The van der Waals surface area contributed by atoms with E-state index in [-0.39, 0.29) is 12.1 Å². The van der Waals surface area contributed by atoms with E-state index < -0.39 is 5.60 Å². The molecule has 3 atom stereocenters. The van der Waals surface area contributed by atoms with Crippen molar-refractivity contribution in [1.82, 2.24) is 15.3 Å². The molecule has 2 fully saturated rings. The van der Waals surface area contributed by atoms with Crippen LogP contribution in [0.3, 0.4) is 0 Å². The monoisotopic (exact) mass is 338 g/mol. The molecule has 126 valence electrons. The van der Waals surface area contributed by atoms with Crippen molar-refractivity contribution in [3.63, 3.8) is 0 Å². The fraction of sp³-hybridized carbons (Fsp3) is 0.688. The second kappa shape index (κ2) is 6.15. The van der Waals surface area contributed by atoms with Crippen molar-refractivity contribution in [2.45, 2.75) is 45.3 Å². The molecular formula is C16H23ClN4O2. The van der Waals surface area contributed by atoms with Gasteiger partial charge in [-0.15, -0.1) is 0 Å². The number of amides is 1. The first-order valence-electron chi connectivity index (χ1n) is 8.04. The van der Waals surface area contributed by atoms with Crippen molar-refractivity contribution in [2.75, 3.05) is 18.0 Å². The molecule has 7 heteroatoms. The fourth-order valence-corrected chi connectivity index (χ4v) is 3.73. The molecule has 1 aliphatic heterocycles. The lowest BCUT2D eigenvalue weighted by atomic mass is 9.92. The minimum Gasteiger partial charge on any atom is -0.444 e. The molecule has 3 rings (SSSR count). The molecule has 0 unspecified atom stereocenters. The molecule has 2 bridgehead atoms. The van der Waals surface area contributed by atoms with Crippen LogP contribution in [-0.2, 0) is 4.74 Å². The predicted molar refractivity (Wildman–Crippen MR) is 88.6 cm³/mol. The van der Waals surface area contributed by atoms with E-state index in [2.05, 4.69) is 20.2 Å². The highest BCUT2D eigenvalue weighted by Crippen LogP contribution is 2.38. The summed E-state index contributed by atoms with van der Waals surface area (Å²) in [5.41, 5.74) is -0.471. The van der Waals surface area contributed by atoms with Crippen LogP contribution < -0.4 is 10.2 Å². The molecule has 1 aliphatic carbocycles. The maximum Gasteiger partial charge on any atom is 0.407 e. The SMILES string of the molecule is CC(C)(C)OC(=O)N[C@@H]1[C@@H]2CC[C@H]1CN(c1cc(Cl)ncn1)C2. The van der Waals surface area contributed by atoms with Gasteiger partial charge in [-0.3, -0.25) is 0 Å². The minimum absolute atomic E-state index is 0.179. The quantitative estimate of drug-likeness (QED) is 0.840. The third kappa shape index (κ3) is 3.86. The highest BCUT2D eigenvalue weighted by Gasteiger charge is 2.43. The lowest BCUT2D eigenvalue weighted by Crippen LogP contribution is -2.53. The van der Waals surface area contributed by atoms with E-state index in [1.165, 1.54) is 6.33 Å². The topological polar surface area (TPSA) is 67.3 Å². The summed E-state index contributed by atoms with van der Waals surface area (Å²) in [4.78, 5) is 22.5. The van der Waals surface area contributed by atoms with Crippen molar-refractivity contribution in [3.8, 4) is 0 Å². The van der Waals surface area contributed by atoms with Gasteiger partial charge in [0, 0.05) is 25.2 Å². The van der Waals surface area contributed by atoms with E-state index in [9.17, 15) is 4.79 Å². The van der Waals surface area contributed by atoms with Crippen LogP contribution in [-0.4, -0.2) is 40.8 Å². The lowest BCUT2D eigenvalue weighted by molar-refractivity contribution is 0.0472. The molecule has 1 N–H and O–H groups in total. The minimum atomic E-state index is -0.471. The average Bonchev–Trinajstić information content (AvgIpc) is 2.68. The Balaban J connectivity index is 1.64. The summed E-state index contributed by atoms with van der Waals surface area (Å²) < 4.78 is 5.39. The van der Waals surface area contributed by atoms with Gasteiger partial charge >= 0.3 is 6.09 Å². The number of hydrogen-bond donors (Lipinski definition) is 1. The van der Waals surface area contributed by atoms with Crippen LogP contribution in [0.15, 0.2) is 12.4 Å². The Morgan fingerprint density at radius 3 is 2.52 bits per heavy atom. The molecule has 0 radical (unpaired) electrons. The highest BCUT2D eigenvalue weighted by atomic mass is 35.5. The number of aromatic nitrogens is 2. The third-order valence-electron chi connectivity index (χ3n) is 4.46. The first-order chi connectivity index (χ1) is 10.8. The first-order valence-corrected chi connectivity index (χ1v) is 8.41. The molecule has 1 saturated heterocycles. The van der Waals surface area contributed by atoms with Crippen LogP contribution in [0.25, 0.3) is 0 Å². The number of piperidine rings is 1. The summed E-state index contributed by atoms with van der Waals surface area (Å²) in [7, 11) is 0. The number of nitrogens with one attached hydrogen (secondary N) is 1. The van der Waals surface area contributed by atoms with E-state index in [0.717, 1.165) is 31.7 Å². The molecule has 1 saturated carbocycles. The number of carbonyl (C=O) groups excluding carboxylic acids is 1. The summed E-state index contributed by atoms with van der Waals surface area (Å²) in [5.74, 6) is 1.68. The van der Waals surface area contributed by atoms with Crippen LogP contribution in [0.4, 0.5) is 10.6 Å². The molecule has 23 heavy (non-hydrogen) atoms. The van der Waals surface area contributed by atoms with Crippen molar-refractivity contribution in [1.29, 1.82) is 0 Å². The Morgan fingerprint density at radius 1 is 1.30 bits per heavy atom. The molecule has 1 amide bonds. The lowest BCUT2D eigenvalue weighted by Gasteiger charge is -2.39. The zero-order valence-electron chi connectivity index (χ0n) is 13.8. The first kappa shape index (κ1) is 16.3. The van der Waals surface area contributed by atoms with Gasteiger partial charge in [0.15, 0.2) is 0 Å². The number of fused-ring (bicyclic) bond motifs is 2. The van der Waals surface area contributed by atoms with Gasteiger partial charge < -0.3 is 15.0 Å². The molecule has 1 aromatic heterocycles. The fourth-order valence-electron chi connectivity index (χ4n) is 3.59. The number of nitrogens with zero attached hydrogens (tertiary/aromatic N) is 3. The zero-order chi connectivity index (χ0) is 16.6.